The number of alkyl halides is 3. The van der Waals surface area contributed by atoms with E-state index in [-0.39, 0.29) is 25.3 Å². The molecule has 2 fully saturated rings. The number of aliphatic hydroxyl groups is 1. The Bertz CT molecular complexity index is 1390. The topological polar surface area (TPSA) is 108 Å². The number of likely N-dealkylation sites (N-methyl/N-ethyl adjacent to an activating group) is 1. The van der Waals surface area contributed by atoms with Crippen LogP contribution in [0.5, 0.6) is 0 Å². The SMILES string of the molecule is CN1CC[C@@](O)(C#Cc2cccc(-c3cc(N4CC(C(F)(F)F)C4)c4ncnc(N)c4n3)c2)C1=O. The molecule has 5 rings (SSSR count). The number of rotatable bonds is 2. The van der Waals surface area contributed by atoms with E-state index in [9.17, 15) is 23.1 Å². The number of likely N-dealkylation sites (tertiary alicyclic amines) is 1. The second-order valence-corrected chi connectivity index (χ2v) is 8.79. The molecule has 180 valence electrons. The molecular formula is C24H21F3N6O2. The monoisotopic (exact) mass is 482 g/mol. The number of aromatic nitrogens is 3. The number of nitrogens with zero attached hydrogens (tertiary/aromatic N) is 5. The zero-order valence-electron chi connectivity index (χ0n) is 18.7. The number of hydrogen-bond acceptors (Lipinski definition) is 7. The minimum Gasteiger partial charge on any atom is -0.382 e. The lowest BCUT2D eigenvalue weighted by molar-refractivity contribution is -0.180. The number of pyridine rings is 1. The number of fused-ring (bicyclic) bond motifs is 1. The van der Waals surface area contributed by atoms with Gasteiger partial charge in [-0.25, -0.2) is 15.0 Å². The minimum absolute atomic E-state index is 0.119. The van der Waals surface area contributed by atoms with Crippen LogP contribution in [0.25, 0.3) is 22.3 Å². The average Bonchev–Trinajstić information content (AvgIpc) is 3.04. The number of benzene rings is 1. The standard InChI is InChI=1S/C24H21F3N6O2/c1-32-8-7-23(35,22(32)34)6-5-14-3-2-4-15(9-14)17-10-18(33-11-16(12-33)24(25,26)27)19-20(31-17)21(28)30-13-29-19/h2-4,9-10,13,16,35H,7-8,11-12H2,1H3,(H2,28,29,30)/t23-/m0/s1. The van der Waals surface area contributed by atoms with E-state index in [1.165, 1.54) is 11.2 Å². The fourth-order valence-electron chi connectivity index (χ4n) is 4.21. The lowest BCUT2D eigenvalue weighted by Gasteiger charge is -2.42. The van der Waals surface area contributed by atoms with Crippen molar-refractivity contribution in [3.63, 3.8) is 0 Å². The summed E-state index contributed by atoms with van der Waals surface area (Å²) in [6.45, 7) is 0.0557. The molecule has 11 heteroatoms. The molecule has 4 heterocycles. The van der Waals surface area contributed by atoms with Crippen molar-refractivity contribution < 1.29 is 23.1 Å². The second kappa shape index (κ2) is 8.09. The zero-order valence-corrected chi connectivity index (χ0v) is 18.7. The Morgan fingerprint density at radius 3 is 2.66 bits per heavy atom. The second-order valence-electron chi connectivity index (χ2n) is 8.79. The van der Waals surface area contributed by atoms with Gasteiger partial charge < -0.3 is 20.6 Å². The van der Waals surface area contributed by atoms with E-state index < -0.39 is 23.6 Å². The van der Waals surface area contributed by atoms with E-state index in [1.54, 1.807) is 42.3 Å². The van der Waals surface area contributed by atoms with E-state index >= 15 is 0 Å². The smallest absolute Gasteiger partial charge is 0.382 e. The highest BCUT2D eigenvalue weighted by atomic mass is 19.4. The van der Waals surface area contributed by atoms with Crippen LogP contribution in [-0.4, -0.2) is 69.3 Å². The number of carbonyl (C=O) groups excluding carboxylic acids is 1. The first-order valence-electron chi connectivity index (χ1n) is 10.9. The highest BCUT2D eigenvalue weighted by molar-refractivity contribution is 5.96. The van der Waals surface area contributed by atoms with Gasteiger partial charge in [-0.2, -0.15) is 13.2 Å². The van der Waals surface area contributed by atoms with Crippen LogP contribution in [0.15, 0.2) is 36.7 Å². The third-order valence-corrected chi connectivity index (χ3v) is 6.37. The molecule has 8 nitrogen and oxygen atoms in total. The third kappa shape index (κ3) is 4.10. The van der Waals surface area contributed by atoms with Gasteiger partial charge in [-0.1, -0.05) is 24.0 Å². The van der Waals surface area contributed by atoms with Crippen molar-refractivity contribution in [1.29, 1.82) is 0 Å². The van der Waals surface area contributed by atoms with Gasteiger partial charge >= 0.3 is 6.18 Å². The molecule has 3 aromatic rings. The van der Waals surface area contributed by atoms with Crippen molar-refractivity contribution in [3.05, 3.63) is 42.2 Å². The highest BCUT2D eigenvalue weighted by Crippen LogP contribution is 2.39. The van der Waals surface area contributed by atoms with Crippen molar-refractivity contribution in [2.75, 3.05) is 37.3 Å². The number of anilines is 2. The largest absolute Gasteiger partial charge is 0.395 e. The normalized spacial score (nSPS) is 20.7. The number of carbonyl (C=O) groups is 1. The van der Waals surface area contributed by atoms with Crippen molar-refractivity contribution in [2.45, 2.75) is 18.2 Å². The van der Waals surface area contributed by atoms with Crippen LogP contribution in [0.2, 0.25) is 0 Å². The molecule has 2 aliphatic rings. The predicted octanol–water partition coefficient (Wildman–Crippen LogP) is 2.22. The molecule has 0 spiro atoms. The maximum atomic E-state index is 13.1. The molecule has 0 bridgehead atoms. The summed E-state index contributed by atoms with van der Waals surface area (Å²) in [6, 6.07) is 8.65. The summed E-state index contributed by atoms with van der Waals surface area (Å²) < 4.78 is 39.2. The first-order valence-corrected chi connectivity index (χ1v) is 10.9. The van der Waals surface area contributed by atoms with Crippen LogP contribution in [0.4, 0.5) is 24.7 Å². The summed E-state index contributed by atoms with van der Waals surface area (Å²) in [6.07, 6.45) is -2.78. The molecule has 1 amide bonds. The maximum Gasteiger partial charge on any atom is 0.395 e. The van der Waals surface area contributed by atoms with Crippen LogP contribution in [0.1, 0.15) is 12.0 Å². The van der Waals surface area contributed by atoms with E-state index in [0.29, 0.717) is 40.1 Å². The van der Waals surface area contributed by atoms with Crippen LogP contribution in [0.3, 0.4) is 0 Å². The Labute approximate surface area is 198 Å². The highest BCUT2D eigenvalue weighted by Gasteiger charge is 2.47. The van der Waals surface area contributed by atoms with Crippen LogP contribution < -0.4 is 10.6 Å². The number of halogens is 3. The van der Waals surface area contributed by atoms with Crippen molar-refractivity contribution in [1.82, 2.24) is 19.9 Å². The Kier molecular flexibility index (Phi) is 5.29. The van der Waals surface area contributed by atoms with E-state index in [1.807, 2.05) is 0 Å². The maximum absolute atomic E-state index is 13.1. The van der Waals surface area contributed by atoms with Crippen molar-refractivity contribution in [3.8, 4) is 23.1 Å². The molecule has 0 saturated carbocycles. The summed E-state index contributed by atoms with van der Waals surface area (Å²) >= 11 is 0. The number of hydrogen-bond donors (Lipinski definition) is 2. The fourth-order valence-corrected chi connectivity index (χ4v) is 4.21. The molecule has 2 aromatic heterocycles. The number of amides is 1. The molecule has 1 atom stereocenters. The zero-order chi connectivity index (χ0) is 25.0. The molecule has 3 N–H and O–H groups in total. The van der Waals surface area contributed by atoms with Gasteiger partial charge in [-0.15, -0.1) is 0 Å². The molecule has 0 radical (unpaired) electrons. The summed E-state index contributed by atoms with van der Waals surface area (Å²) in [7, 11) is 1.61. The number of nitrogens with two attached hydrogens (primary N) is 1. The lowest BCUT2D eigenvalue weighted by Crippen LogP contribution is -2.53. The van der Waals surface area contributed by atoms with Gasteiger partial charge in [0.25, 0.3) is 5.91 Å². The molecule has 2 saturated heterocycles. The quantitative estimate of drug-likeness (QED) is 0.539. The van der Waals surface area contributed by atoms with E-state index in [4.69, 9.17) is 5.73 Å². The van der Waals surface area contributed by atoms with Gasteiger partial charge in [-0.05, 0) is 18.2 Å². The van der Waals surface area contributed by atoms with Gasteiger partial charge in [0.15, 0.2) is 5.82 Å². The van der Waals surface area contributed by atoms with Crippen molar-refractivity contribution in [2.24, 2.45) is 5.92 Å². The van der Waals surface area contributed by atoms with E-state index in [2.05, 4.69) is 26.8 Å². The van der Waals surface area contributed by atoms with Gasteiger partial charge in [0.2, 0.25) is 5.60 Å². The Balaban J connectivity index is 1.52. The molecule has 1 aromatic carbocycles. The van der Waals surface area contributed by atoms with Gasteiger partial charge in [0.05, 0.1) is 17.3 Å². The van der Waals surface area contributed by atoms with Gasteiger partial charge in [0, 0.05) is 44.2 Å². The summed E-state index contributed by atoms with van der Waals surface area (Å²) in [5.74, 6) is 3.81. The van der Waals surface area contributed by atoms with Crippen molar-refractivity contribution >= 4 is 28.4 Å². The Hall–Kier alpha value is -3.91. The first kappa shape index (κ1) is 22.9. The first-order chi connectivity index (χ1) is 16.5. The summed E-state index contributed by atoms with van der Waals surface area (Å²) in [5, 5.41) is 10.5. The lowest BCUT2D eigenvalue weighted by atomic mass is 9.97. The summed E-state index contributed by atoms with van der Waals surface area (Å²) in [5.41, 5.74) is 7.09. The van der Waals surface area contributed by atoms with Crippen LogP contribution in [0, 0.1) is 17.8 Å². The Morgan fingerprint density at radius 2 is 1.97 bits per heavy atom. The number of nitrogen functional groups attached to an aromatic ring is 1. The Morgan fingerprint density at radius 1 is 1.20 bits per heavy atom. The molecule has 0 aliphatic carbocycles. The fraction of sp³-hybridized carbons (Fsp3) is 0.333. The molecule has 2 aliphatic heterocycles. The van der Waals surface area contributed by atoms with Gasteiger partial charge in [0.1, 0.15) is 17.4 Å². The summed E-state index contributed by atoms with van der Waals surface area (Å²) in [4.78, 5) is 28.0. The van der Waals surface area contributed by atoms with Crippen LogP contribution >= 0.6 is 0 Å². The van der Waals surface area contributed by atoms with Crippen LogP contribution in [-0.2, 0) is 4.79 Å². The molecule has 0 unspecified atom stereocenters. The van der Waals surface area contributed by atoms with Gasteiger partial charge in [-0.3, -0.25) is 4.79 Å². The average molecular weight is 482 g/mol. The minimum atomic E-state index is -4.26. The third-order valence-electron chi connectivity index (χ3n) is 6.37. The predicted molar refractivity (Wildman–Crippen MR) is 123 cm³/mol. The van der Waals surface area contributed by atoms with E-state index in [0.717, 1.165) is 0 Å². The molecule has 35 heavy (non-hydrogen) atoms. The molecular weight excluding hydrogens is 461 g/mol.